The van der Waals surface area contributed by atoms with Crippen molar-refractivity contribution in [1.29, 1.82) is 0 Å². The fourth-order valence-electron chi connectivity index (χ4n) is 13.8. The van der Waals surface area contributed by atoms with Crippen molar-refractivity contribution >= 4 is 66.7 Å². The van der Waals surface area contributed by atoms with Crippen molar-refractivity contribution in [2.45, 2.75) is 52.4 Å². The highest BCUT2D eigenvalue weighted by Crippen LogP contribution is 2.48. The van der Waals surface area contributed by atoms with Gasteiger partial charge in [-0.2, -0.15) is 0 Å². The van der Waals surface area contributed by atoms with Crippen LogP contribution in [0.3, 0.4) is 0 Å². The third kappa shape index (κ3) is 7.75. The molecule has 0 N–H and O–H groups in total. The molecule has 0 saturated carbocycles. The van der Waals surface area contributed by atoms with Crippen LogP contribution in [0.15, 0.2) is 249 Å². The van der Waals surface area contributed by atoms with Crippen molar-refractivity contribution in [1.82, 2.24) is 19.1 Å². The Kier molecular flexibility index (Phi) is 10.8. The van der Waals surface area contributed by atoms with E-state index in [1.165, 1.54) is 127 Å². The van der Waals surface area contributed by atoms with Crippen molar-refractivity contribution in [3.05, 3.63) is 260 Å². The summed E-state index contributed by atoms with van der Waals surface area (Å²) in [5.74, 6) is 0.688. The van der Waals surface area contributed by atoms with Crippen LogP contribution in [0.2, 0.25) is 0 Å². The topological polar surface area (TPSA) is 35.6 Å². The summed E-state index contributed by atoms with van der Waals surface area (Å²) in [6.07, 6.45) is 3.74. The van der Waals surface area contributed by atoms with Gasteiger partial charge in [-0.25, -0.2) is 9.97 Å². The summed E-state index contributed by atoms with van der Waals surface area (Å²) in [4.78, 5) is 10.0. The van der Waals surface area contributed by atoms with Gasteiger partial charge in [-0.1, -0.05) is 224 Å². The van der Waals surface area contributed by atoms with Gasteiger partial charge >= 0.3 is 0 Å². The van der Waals surface area contributed by atoms with Crippen LogP contribution in [0.5, 0.6) is 0 Å². The molecule has 0 unspecified atom stereocenters. The van der Waals surface area contributed by atoms with Crippen LogP contribution in [-0.2, 0) is 10.8 Å². The van der Waals surface area contributed by atoms with Crippen LogP contribution >= 0.6 is 0 Å². The largest absolute Gasteiger partial charge is 0.310 e. The summed E-state index contributed by atoms with van der Waals surface area (Å²) >= 11 is 0. The lowest BCUT2D eigenvalue weighted by atomic mass is 9.34. The van der Waals surface area contributed by atoms with E-state index in [2.05, 4.69) is 281 Å². The highest BCUT2D eigenvalue weighted by atomic mass is 15.0. The predicted octanol–water partition coefficient (Wildman–Crippen LogP) is 18.1. The minimum atomic E-state index is -0.172. The number of hydrogen-bond donors (Lipinski definition) is 0. The maximum absolute atomic E-state index is 5.02. The highest BCUT2D eigenvalue weighted by molar-refractivity contribution is 7.00. The molecule has 0 atom stereocenters. The first-order valence-corrected chi connectivity index (χ1v) is 29.1. The molecule has 0 fully saturated rings. The first kappa shape index (κ1) is 49.0. The molecule has 11 aromatic carbocycles. The minimum Gasteiger partial charge on any atom is -0.310 e. The van der Waals surface area contributed by atoms with E-state index in [4.69, 9.17) is 9.97 Å². The van der Waals surface area contributed by atoms with E-state index >= 15 is 0 Å². The second kappa shape index (κ2) is 18.3. The summed E-state index contributed by atoms with van der Waals surface area (Å²) in [6.45, 7) is 13.6. The lowest BCUT2D eigenvalue weighted by Crippen LogP contribution is -2.59. The van der Waals surface area contributed by atoms with Gasteiger partial charge in [0.25, 0.3) is 6.71 Å². The lowest BCUT2D eigenvalue weighted by Gasteiger charge is -2.34. The molecule has 16 rings (SSSR count). The van der Waals surface area contributed by atoms with Crippen LogP contribution in [0.4, 0.5) is 0 Å². The smallest absolute Gasteiger partial charge is 0.252 e. The van der Waals surface area contributed by atoms with Crippen molar-refractivity contribution in [2.24, 2.45) is 0 Å². The number of hydrogen-bond acceptors (Lipinski definition) is 2. The van der Waals surface area contributed by atoms with E-state index < -0.39 is 0 Å². The fraction of sp³-hybridized carbons (Fsp3) is 0.103. The monoisotopic (exact) mass is 1060 g/mol. The van der Waals surface area contributed by atoms with Crippen LogP contribution in [-0.4, -0.2) is 25.8 Å². The Balaban J connectivity index is 1.12. The summed E-state index contributed by atoms with van der Waals surface area (Å²) in [5, 5.41) is 4.93. The molecule has 394 valence electrons. The minimum absolute atomic E-state index is 0.0128. The van der Waals surface area contributed by atoms with Crippen LogP contribution < -0.4 is 16.4 Å². The van der Waals surface area contributed by atoms with Gasteiger partial charge in [0.15, 0.2) is 5.82 Å². The molecule has 0 spiro atoms. The van der Waals surface area contributed by atoms with Gasteiger partial charge in [0.1, 0.15) is 0 Å². The molecule has 5 heteroatoms. The zero-order valence-corrected chi connectivity index (χ0v) is 47.5. The average molecular weight is 1060 g/mol. The molecular weight excluding hydrogens is 1000 g/mol. The van der Waals surface area contributed by atoms with Crippen molar-refractivity contribution < 1.29 is 0 Å². The van der Waals surface area contributed by atoms with Crippen LogP contribution in [0.1, 0.15) is 52.7 Å². The first-order chi connectivity index (χ1) is 40.4. The maximum Gasteiger partial charge on any atom is 0.252 e. The van der Waals surface area contributed by atoms with Crippen LogP contribution in [0.25, 0.3) is 133 Å². The predicted molar refractivity (Wildman–Crippen MR) is 351 cm³/mol. The molecule has 2 aliphatic heterocycles. The van der Waals surface area contributed by atoms with E-state index in [0.717, 1.165) is 28.0 Å². The Labute approximate surface area is 485 Å². The normalized spacial score (nSPS) is 12.7. The number of aromatic nitrogens is 4. The van der Waals surface area contributed by atoms with E-state index in [1.54, 1.807) is 0 Å². The Bertz CT molecular complexity index is 4620. The molecule has 0 radical (unpaired) electrons. The Morgan fingerprint density at radius 2 is 0.687 bits per heavy atom. The highest BCUT2D eigenvalue weighted by Gasteiger charge is 2.43. The molecule has 3 aromatic heterocycles. The Hall–Kier alpha value is -9.84. The molecule has 0 aliphatic carbocycles. The summed E-state index contributed by atoms with van der Waals surface area (Å²) in [5.41, 5.74) is 28.8. The SMILES string of the molecule is CC(C)(C)c1ccc(-c2cc3c4c(c2)c2c(-c5ccccc5)cc(-c5ccccc5)cc2n4-c2cc(-c4ncccn4)cc4c2B3c2cc(-c3ccc(C(C)(C)C)cc3)cc3c5c(-c6ccccc6)cc(-c6ccccc6)cc5n-4c23)cc1. The molecule has 83 heavy (non-hydrogen) atoms. The number of fused-ring (bicyclic) bond motifs is 10. The molecule has 0 amide bonds. The maximum atomic E-state index is 5.02. The third-order valence-corrected chi connectivity index (χ3v) is 17.9. The molecule has 0 saturated heterocycles. The quantitative estimate of drug-likeness (QED) is 0.149. The van der Waals surface area contributed by atoms with Gasteiger partial charge in [-0.15, -0.1) is 0 Å². The zero-order chi connectivity index (χ0) is 55.9. The van der Waals surface area contributed by atoms with Gasteiger partial charge < -0.3 is 9.13 Å². The standard InChI is InChI=1S/C78H59BN4/c1-77(2,3)59-32-28-50(29-33-59)54-40-63-71-61(52-24-15-9-16-25-52)38-56(48-20-11-7-12-21-48)44-67(71)82-69-46-58(76-80-36-19-37-81-76)47-70-73(69)79(65(42-54)74(63)82)66-43-55(51-30-34-60(35-31-51)78(4,5)6)41-64-72-62(53-26-17-10-18-27-53)39-57(49-22-13-8-14-23-49)45-68(72)83(70)75(64)66/h7-47H,1-6H3. The molecule has 2 aliphatic rings. The molecule has 5 heterocycles. The molecule has 4 nitrogen and oxygen atoms in total. The summed E-state index contributed by atoms with van der Waals surface area (Å²) < 4.78 is 5.25. The second-order valence-electron chi connectivity index (χ2n) is 25.0. The van der Waals surface area contributed by atoms with Gasteiger partial charge in [0, 0.05) is 61.9 Å². The van der Waals surface area contributed by atoms with Gasteiger partial charge in [-0.3, -0.25) is 0 Å². The van der Waals surface area contributed by atoms with Crippen molar-refractivity contribution in [2.75, 3.05) is 0 Å². The van der Waals surface area contributed by atoms with Gasteiger partial charge in [0.05, 0.1) is 11.0 Å². The zero-order valence-electron chi connectivity index (χ0n) is 47.5. The lowest BCUT2D eigenvalue weighted by molar-refractivity contribution is 0.590. The fourth-order valence-corrected chi connectivity index (χ4v) is 13.8. The van der Waals surface area contributed by atoms with E-state index in [9.17, 15) is 0 Å². The second-order valence-corrected chi connectivity index (χ2v) is 25.0. The Morgan fingerprint density at radius 1 is 0.325 bits per heavy atom. The summed E-state index contributed by atoms with van der Waals surface area (Å²) in [6, 6.07) is 89.1. The van der Waals surface area contributed by atoms with E-state index in [-0.39, 0.29) is 17.5 Å². The van der Waals surface area contributed by atoms with E-state index in [0.29, 0.717) is 5.82 Å². The van der Waals surface area contributed by atoms with Gasteiger partial charge in [-0.05, 0) is 160 Å². The molecule has 0 bridgehead atoms. The summed E-state index contributed by atoms with van der Waals surface area (Å²) in [7, 11) is 0. The average Bonchev–Trinajstić information content (AvgIpc) is 1.76. The number of benzene rings is 11. The van der Waals surface area contributed by atoms with E-state index in [1.807, 2.05) is 18.5 Å². The van der Waals surface area contributed by atoms with Crippen molar-refractivity contribution in [3.63, 3.8) is 0 Å². The van der Waals surface area contributed by atoms with Crippen LogP contribution in [0, 0.1) is 0 Å². The first-order valence-electron chi connectivity index (χ1n) is 29.1. The number of rotatable bonds is 7. The molecular formula is C78H59BN4. The number of nitrogens with zero attached hydrogens (tertiary/aromatic N) is 4. The van der Waals surface area contributed by atoms with Gasteiger partial charge in [0.2, 0.25) is 0 Å². The van der Waals surface area contributed by atoms with Crippen molar-refractivity contribution in [3.8, 4) is 89.5 Å². The third-order valence-electron chi connectivity index (χ3n) is 17.9. The molecule has 14 aromatic rings. The Morgan fingerprint density at radius 3 is 1.07 bits per heavy atom.